The van der Waals surface area contributed by atoms with Crippen LogP contribution in [0, 0.1) is 0 Å². The zero-order valence-corrected chi connectivity index (χ0v) is 12.9. The van der Waals surface area contributed by atoms with Gasteiger partial charge < -0.3 is 15.2 Å². The molecule has 0 saturated heterocycles. The normalized spacial score (nSPS) is 11.6. The summed E-state index contributed by atoms with van der Waals surface area (Å²) in [4.78, 5) is 0. The van der Waals surface area contributed by atoms with Crippen molar-refractivity contribution in [2.75, 3.05) is 13.2 Å². The van der Waals surface area contributed by atoms with Crippen LogP contribution in [0.5, 0.6) is 5.75 Å². The molecular formula is C14H22BrNO2. The molecule has 1 aromatic rings. The topological polar surface area (TPSA) is 41.5 Å². The number of hydrogen-bond donors (Lipinski definition) is 2. The Kier molecular flexibility index (Phi) is 6.12. The second kappa shape index (κ2) is 7.12. The first-order chi connectivity index (χ1) is 8.42. The van der Waals surface area contributed by atoms with Gasteiger partial charge in [0.2, 0.25) is 0 Å². The van der Waals surface area contributed by atoms with E-state index in [9.17, 15) is 0 Å². The van der Waals surface area contributed by atoms with Gasteiger partial charge in [0.25, 0.3) is 0 Å². The molecule has 0 aliphatic rings. The first-order valence-corrected chi connectivity index (χ1v) is 6.99. The van der Waals surface area contributed by atoms with Crippen LogP contribution in [0.25, 0.3) is 0 Å². The molecule has 0 fully saturated rings. The molecule has 1 aromatic carbocycles. The maximum Gasteiger partial charge on any atom is 0.133 e. The maximum atomic E-state index is 8.70. The van der Waals surface area contributed by atoms with Gasteiger partial charge in [-0.3, -0.25) is 0 Å². The molecule has 0 aromatic heterocycles. The first-order valence-electron chi connectivity index (χ1n) is 6.19. The molecule has 0 saturated carbocycles. The van der Waals surface area contributed by atoms with Crippen molar-refractivity contribution in [2.45, 2.75) is 39.3 Å². The molecule has 0 aliphatic carbocycles. The molecule has 1 rings (SSSR count). The highest BCUT2D eigenvalue weighted by Crippen LogP contribution is 2.26. The van der Waals surface area contributed by atoms with Gasteiger partial charge in [0, 0.05) is 25.1 Å². The minimum Gasteiger partial charge on any atom is -0.492 e. The molecule has 0 amide bonds. The Labute approximate surface area is 118 Å². The summed E-state index contributed by atoms with van der Waals surface area (Å²) in [5.41, 5.74) is 1.33. The minimum atomic E-state index is 0.114. The van der Waals surface area contributed by atoms with Gasteiger partial charge in [0.05, 0.1) is 11.1 Å². The van der Waals surface area contributed by atoms with E-state index >= 15 is 0 Å². The highest BCUT2D eigenvalue weighted by molar-refractivity contribution is 9.10. The molecule has 4 heteroatoms. The lowest BCUT2D eigenvalue weighted by Crippen LogP contribution is -2.35. The third-order valence-electron chi connectivity index (χ3n) is 2.38. The van der Waals surface area contributed by atoms with Gasteiger partial charge in [0.1, 0.15) is 5.75 Å². The van der Waals surface area contributed by atoms with Crippen LogP contribution in [0.4, 0.5) is 0 Å². The molecule has 3 nitrogen and oxygen atoms in total. The zero-order valence-electron chi connectivity index (χ0n) is 11.3. The Morgan fingerprint density at radius 1 is 1.33 bits per heavy atom. The Hall–Kier alpha value is -0.580. The predicted molar refractivity (Wildman–Crippen MR) is 77.9 cm³/mol. The van der Waals surface area contributed by atoms with Crippen molar-refractivity contribution in [1.82, 2.24) is 5.32 Å². The molecule has 0 atom stereocenters. The van der Waals surface area contributed by atoms with Crippen molar-refractivity contribution in [1.29, 1.82) is 0 Å². The van der Waals surface area contributed by atoms with Gasteiger partial charge in [-0.05, 0) is 54.4 Å². The Bertz CT molecular complexity index is 375. The van der Waals surface area contributed by atoms with Gasteiger partial charge in [0.15, 0.2) is 0 Å². The number of aliphatic hydroxyl groups excluding tert-OH is 1. The third-order valence-corrected chi connectivity index (χ3v) is 3.00. The van der Waals surface area contributed by atoms with Gasteiger partial charge in [-0.15, -0.1) is 0 Å². The molecule has 0 unspecified atom stereocenters. The lowest BCUT2D eigenvalue weighted by Gasteiger charge is -2.20. The van der Waals surface area contributed by atoms with E-state index in [-0.39, 0.29) is 12.1 Å². The number of benzene rings is 1. The highest BCUT2D eigenvalue weighted by Gasteiger charge is 2.09. The fraction of sp³-hybridized carbons (Fsp3) is 0.571. The number of ether oxygens (including phenoxy) is 1. The predicted octanol–water partition coefficient (Wildman–Crippen LogP) is 3.10. The van der Waals surface area contributed by atoms with Crippen molar-refractivity contribution in [3.63, 3.8) is 0 Å². The second-order valence-electron chi connectivity index (χ2n) is 5.29. The van der Waals surface area contributed by atoms with Crippen molar-refractivity contribution < 1.29 is 9.84 Å². The molecular weight excluding hydrogens is 294 g/mol. The summed E-state index contributed by atoms with van der Waals surface area (Å²) in [5, 5.41) is 12.1. The number of halogens is 1. The van der Waals surface area contributed by atoms with E-state index < -0.39 is 0 Å². The minimum absolute atomic E-state index is 0.114. The number of nitrogens with one attached hydrogen (secondary N) is 1. The Balaban J connectivity index is 2.56. The van der Waals surface area contributed by atoms with Crippen molar-refractivity contribution in [3.8, 4) is 5.75 Å². The average molecular weight is 316 g/mol. The second-order valence-corrected chi connectivity index (χ2v) is 6.15. The molecule has 18 heavy (non-hydrogen) atoms. The summed E-state index contributed by atoms with van der Waals surface area (Å²) in [6, 6.07) is 6.08. The standard InChI is InChI=1S/C14H22BrNO2/c1-14(2,3)16-10-11-5-6-13(12(15)9-11)18-8-4-7-17/h5-6,9,16-17H,4,7-8,10H2,1-3H3. The van der Waals surface area contributed by atoms with Crippen LogP contribution in [0.15, 0.2) is 22.7 Å². The molecule has 0 spiro atoms. The summed E-state index contributed by atoms with van der Waals surface area (Å²) in [7, 11) is 0. The largest absolute Gasteiger partial charge is 0.492 e. The lowest BCUT2D eigenvalue weighted by molar-refractivity contribution is 0.233. The SMILES string of the molecule is CC(C)(C)NCc1ccc(OCCCO)c(Br)c1. The van der Waals surface area contributed by atoms with Crippen LogP contribution >= 0.6 is 15.9 Å². The van der Waals surface area contributed by atoms with E-state index in [0.29, 0.717) is 13.0 Å². The summed E-state index contributed by atoms with van der Waals surface area (Å²) in [6.45, 7) is 7.97. The molecule has 0 bridgehead atoms. The summed E-state index contributed by atoms with van der Waals surface area (Å²) >= 11 is 3.50. The summed E-state index contributed by atoms with van der Waals surface area (Å²) in [5.74, 6) is 0.822. The average Bonchev–Trinajstić information content (AvgIpc) is 2.28. The van der Waals surface area contributed by atoms with Gasteiger partial charge in [-0.25, -0.2) is 0 Å². The fourth-order valence-electron chi connectivity index (χ4n) is 1.39. The van der Waals surface area contributed by atoms with Crippen LogP contribution in [0.1, 0.15) is 32.8 Å². The lowest BCUT2D eigenvalue weighted by atomic mass is 10.1. The summed E-state index contributed by atoms with van der Waals surface area (Å²) < 4.78 is 6.50. The van der Waals surface area contributed by atoms with Crippen LogP contribution in [0.2, 0.25) is 0 Å². The molecule has 0 aliphatic heterocycles. The number of rotatable bonds is 6. The smallest absolute Gasteiger partial charge is 0.133 e. The van der Waals surface area contributed by atoms with Crippen LogP contribution in [-0.4, -0.2) is 23.9 Å². The van der Waals surface area contributed by atoms with E-state index in [0.717, 1.165) is 16.8 Å². The number of aliphatic hydroxyl groups is 1. The van der Waals surface area contributed by atoms with E-state index in [4.69, 9.17) is 9.84 Å². The zero-order chi connectivity index (χ0) is 13.6. The summed E-state index contributed by atoms with van der Waals surface area (Å²) in [6.07, 6.45) is 0.653. The highest BCUT2D eigenvalue weighted by atomic mass is 79.9. The van der Waals surface area contributed by atoms with Crippen LogP contribution in [-0.2, 0) is 6.54 Å². The molecule has 0 radical (unpaired) electrons. The van der Waals surface area contributed by atoms with Crippen LogP contribution in [0.3, 0.4) is 0 Å². The van der Waals surface area contributed by atoms with Gasteiger partial charge in [-0.2, -0.15) is 0 Å². The Morgan fingerprint density at radius 2 is 2.06 bits per heavy atom. The fourth-order valence-corrected chi connectivity index (χ4v) is 1.93. The first kappa shape index (κ1) is 15.5. The van der Waals surface area contributed by atoms with Crippen molar-refractivity contribution >= 4 is 15.9 Å². The van der Waals surface area contributed by atoms with E-state index in [2.05, 4.69) is 54.2 Å². The van der Waals surface area contributed by atoms with E-state index in [1.54, 1.807) is 0 Å². The quantitative estimate of drug-likeness (QED) is 0.793. The third kappa shape index (κ3) is 5.85. The van der Waals surface area contributed by atoms with E-state index in [1.807, 2.05) is 6.07 Å². The van der Waals surface area contributed by atoms with Gasteiger partial charge >= 0.3 is 0 Å². The molecule has 102 valence electrons. The monoisotopic (exact) mass is 315 g/mol. The molecule has 2 N–H and O–H groups in total. The van der Waals surface area contributed by atoms with Crippen LogP contribution < -0.4 is 10.1 Å². The Morgan fingerprint density at radius 3 is 2.61 bits per heavy atom. The maximum absolute atomic E-state index is 8.70. The number of hydrogen-bond acceptors (Lipinski definition) is 3. The van der Waals surface area contributed by atoms with Crippen molar-refractivity contribution in [3.05, 3.63) is 28.2 Å². The van der Waals surface area contributed by atoms with Crippen molar-refractivity contribution in [2.24, 2.45) is 0 Å². The molecule has 0 heterocycles. The van der Waals surface area contributed by atoms with Gasteiger partial charge in [-0.1, -0.05) is 6.07 Å². The van der Waals surface area contributed by atoms with E-state index in [1.165, 1.54) is 5.56 Å².